The third-order valence-corrected chi connectivity index (χ3v) is 2.02. The minimum atomic E-state index is -0.229. The van der Waals surface area contributed by atoms with E-state index >= 15 is 0 Å². The second-order valence-corrected chi connectivity index (χ2v) is 4.64. The molecule has 0 fully saturated rings. The van der Waals surface area contributed by atoms with Crippen molar-refractivity contribution in [3.8, 4) is 0 Å². The van der Waals surface area contributed by atoms with E-state index in [4.69, 9.17) is 4.74 Å². The van der Waals surface area contributed by atoms with Gasteiger partial charge in [-0.25, -0.2) is 0 Å². The lowest BCUT2D eigenvalue weighted by Gasteiger charge is -2.19. The predicted molar refractivity (Wildman–Crippen MR) is 54.8 cm³/mol. The fraction of sp³-hybridized carbons (Fsp3) is 0.909. The van der Waals surface area contributed by atoms with Crippen molar-refractivity contribution in [2.75, 3.05) is 6.61 Å². The molecular weight excluding hydrogens is 164 g/mol. The van der Waals surface area contributed by atoms with Crippen molar-refractivity contribution in [3.05, 3.63) is 0 Å². The molecule has 0 aromatic heterocycles. The van der Waals surface area contributed by atoms with Gasteiger partial charge in [0.2, 0.25) is 0 Å². The maximum Gasteiger partial charge on any atom is 0.160 e. The van der Waals surface area contributed by atoms with E-state index < -0.39 is 0 Å². The highest BCUT2D eigenvalue weighted by molar-refractivity contribution is 5.82. The Balaban J connectivity index is 3.59. The predicted octanol–water partition coefficient (Wildman–Crippen LogP) is 2.81. The Morgan fingerprint density at radius 1 is 1.38 bits per heavy atom. The summed E-state index contributed by atoms with van der Waals surface area (Å²) in [5.41, 5.74) is 0.287. The van der Waals surface area contributed by atoms with Crippen molar-refractivity contribution in [1.29, 1.82) is 0 Å². The first-order valence-electron chi connectivity index (χ1n) is 5.01. The van der Waals surface area contributed by atoms with Crippen LogP contribution in [0.4, 0.5) is 0 Å². The topological polar surface area (TPSA) is 26.3 Å². The van der Waals surface area contributed by atoms with Crippen LogP contribution in [-0.4, -0.2) is 18.5 Å². The van der Waals surface area contributed by atoms with Crippen LogP contribution < -0.4 is 0 Å². The van der Waals surface area contributed by atoms with Gasteiger partial charge in [0.15, 0.2) is 5.78 Å². The standard InChI is InChI=1S/C11H22O2/c1-6-10(12)9(2)13-8-7-11(3,4)5/h9H,6-8H2,1-5H3. The zero-order chi connectivity index (χ0) is 10.5. The Kier molecular flexibility index (Phi) is 5.23. The molecular formula is C11H22O2. The summed E-state index contributed by atoms with van der Waals surface area (Å²) in [6, 6.07) is 0. The molecule has 0 rings (SSSR count). The largest absolute Gasteiger partial charge is 0.371 e. The van der Waals surface area contributed by atoms with Gasteiger partial charge in [-0.1, -0.05) is 27.7 Å². The molecule has 0 aromatic carbocycles. The second-order valence-electron chi connectivity index (χ2n) is 4.64. The SMILES string of the molecule is CCC(=O)C(C)OCCC(C)(C)C. The number of hydrogen-bond donors (Lipinski definition) is 0. The Bertz CT molecular complexity index is 156. The molecule has 0 aromatic rings. The molecule has 0 saturated carbocycles. The summed E-state index contributed by atoms with van der Waals surface area (Å²) in [4.78, 5) is 11.1. The summed E-state index contributed by atoms with van der Waals surface area (Å²) < 4.78 is 5.42. The molecule has 0 heterocycles. The average molecular weight is 186 g/mol. The first-order chi connectivity index (χ1) is 5.87. The third kappa shape index (κ3) is 6.76. The Morgan fingerprint density at radius 2 is 1.92 bits per heavy atom. The van der Waals surface area contributed by atoms with E-state index in [9.17, 15) is 4.79 Å². The molecule has 2 heteroatoms. The quantitative estimate of drug-likeness (QED) is 0.660. The molecule has 1 atom stereocenters. The third-order valence-electron chi connectivity index (χ3n) is 2.02. The van der Waals surface area contributed by atoms with E-state index in [1.807, 2.05) is 13.8 Å². The van der Waals surface area contributed by atoms with Crippen molar-refractivity contribution < 1.29 is 9.53 Å². The minimum Gasteiger partial charge on any atom is -0.371 e. The highest BCUT2D eigenvalue weighted by atomic mass is 16.5. The molecule has 0 aliphatic carbocycles. The van der Waals surface area contributed by atoms with Crippen molar-refractivity contribution >= 4 is 5.78 Å². The fourth-order valence-corrected chi connectivity index (χ4v) is 0.922. The van der Waals surface area contributed by atoms with Crippen LogP contribution in [0.15, 0.2) is 0 Å². The van der Waals surface area contributed by atoms with Crippen LogP contribution in [0.25, 0.3) is 0 Å². The van der Waals surface area contributed by atoms with Crippen LogP contribution >= 0.6 is 0 Å². The average Bonchev–Trinajstić information content (AvgIpc) is 2.00. The second kappa shape index (κ2) is 5.38. The molecule has 78 valence electrons. The van der Waals surface area contributed by atoms with Crippen molar-refractivity contribution in [3.63, 3.8) is 0 Å². The molecule has 0 saturated heterocycles. The Hall–Kier alpha value is -0.370. The molecule has 0 amide bonds. The number of Topliss-reactive ketones (excluding diaryl/α,β-unsaturated/α-hetero) is 1. The van der Waals surface area contributed by atoms with Gasteiger partial charge in [-0.15, -0.1) is 0 Å². The molecule has 0 N–H and O–H groups in total. The molecule has 1 unspecified atom stereocenters. The first kappa shape index (κ1) is 12.6. The smallest absolute Gasteiger partial charge is 0.160 e. The van der Waals surface area contributed by atoms with Crippen molar-refractivity contribution in [1.82, 2.24) is 0 Å². The van der Waals surface area contributed by atoms with Crippen LogP contribution in [-0.2, 0) is 9.53 Å². The summed E-state index contributed by atoms with van der Waals surface area (Å²) in [5, 5.41) is 0. The molecule has 0 aliphatic rings. The van der Waals surface area contributed by atoms with Crippen LogP contribution in [0.2, 0.25) is 0 Å². The van der Waals surface area contributed by atoms with Gasteiger partial charge in [0, 0.05) is 13.0 Å². The zero-order valence-electron chi connectivity index (χ0n) is 9.52. The van der Waals surface area contributed by atoms with E-state index in [0.717, 1.165) is 6.42 Å². The lowest BCUT2D eigenvalue weighted by molar-refractivity contribution is -0.129. The van der Waals surface area contributed by atoms with E-state index in [-0.39, 0.29) is 17.3 Å². The van der Waals surface area contributed by atoms with Crippen LogP contribution in [0.1, 0.15) is 47.5 Å². The number of rotatable bonds is 5. The summed E-state index contributed by atoms with van der Waals surface area (Å²) in [6.07, 6.45) is 1.33. The van der Waals surface area contributed by atoms with Gasteiger partial charge in [-0.2, -0.15) is 0 Å². The van der Waals surface area contributed by atoms with Crippen molar-refractivity contribution in [2.45, 2.75) is 53.6 Å². The summed E-state index contributed by atoms with van der Waals surface area (Å²) in [6.45, 7) is 10.9. The number of ketones is 1. The van der Waals surface area contributed by atoms with Crippen LogP contribution in [0.3, 0.4) is 0 Å². The van der Waals surface area contributed by atoms with Gasteiger partial charge in [-0.05, 0) is 18.8 Å². The minimum absolute atomic E-state index is 0.189. The lowest BCUT2D eigenvalue weighted by Crippen LogP contribution is -2.22. The maximum absolute atomic E-state index is 11.1. The highest BCUT2D eigenvalue weighted by Gasteiger charge is 2.14. The normalized spacial score (nSPS) is 14.2. The van der Waals surface area contributed by atoms with E-state index in [1.165, 1.54) is 0 Å². The van der Waals surface area contributed by atoms with E-state index in [0.29, 0.717) is 13.0 Å². The molecule has 0 aliphatic heterocycles. The van der Waals surface area contributed by atoms with Gasteiger partial charge >= 0.3 is 0 Å². The van der Waals surface area contributed by atoms with E-state index in [2.05, 4.69) is 20.8 Å². The molecule has 0 radical (unpaired) electrons. The molecule has 13 heavy (non-hydrogen) atoms. The van der Waals surface area contributed by atoms with Gasteiger partial charge in [0.25, 0.3) is 0 Å². The van der Waals surface area contributed by atoms with E-state index in [1.54, 1.807) is 0 Å². The lowest BCUT2D eigenvalue weighted by atomic mass is 9.93. The Morgan fingerprint density at radius 3 is 2.31 bits per heavy atom. The monoisotopic (exact) mass is 186 g/mol. The number of hydrogen-bond acceptors (Lipinski definition) is 2. The maximum atomic E-state index is 11.1. The molecule has 2 nitrogen and oxygen atoms in total. The summed E-state index contributed by atoms with van der Waals surface area (Å²) in [7, 11) is 0. The van der Waals surface area contributed by atoms with Gasteiger partial charge in [-0.3, -0.25) is 4.79 Å². The highest BCUT2D eigenvalue weighted by Crippen LogP contribution is 2.18. The molecule has 0 spiro atoms. The number of ether oxygens (including phenoxy) is 1. The van der Waals surface area contributed by atoms with Gasteiger partial charge in [0.05, 0.1) is 0 Å². The van der Waals surface area contributed by atoms with Gasteiger partial charge in [0.1, 0.15) is 6.10 Å². The van der Waals surface area contributed by atoms with Crippen LogP contribution in [0, 0.1) is 5.41 Å². The summed E-state index contributed by atoms with van der Waals surface area (Å²) in [5.74, 6) is 0.189. The molecule has 0 bridgehead atoms. The fourth-order valence-electron chi connectivity index (χ4n) is 0.922. The van der Waals surface area contributed by atoms with Crippen LogP contribution in [0.5, 0.6) is 0 Å². The Labute approximate surface area is 81.7 Å². The zero-order valence-corrected chi connectivity index (χ0v) is 9.52. The van der Waals surface area contributed by atoms with Gasteiger partial charge < -0.3 is 4.74 Å². The first-order valence-corrected chi connectivity index (χ1v) is 5.01. The number of carbonyl (C=O) groups is 1. The summed E-state index contributed by atoms with van der Waals surface area (Å²) >= 11 is 0. The van der Waals surface area contributed by atoms with Crippen molar-refractivity contribution in [2.24, 2.45) is 5.41 Å². The number of carbonyl (C=O) groups excluding carboxylic acids is 1.